The van der Waals surface area contributed by atoms with Crippen molar-refractivity contribution >= 4 is 49.4 Å². The highest BCUT2D eigenvalue weighted by Crippen LogP contribution is 2.20. The molecule has 1 aromatic rings. The fourth-order valence-electron chi connectivity index (χ4n) is 1.00. The Morgan fingerprint density at radius 2 is 2.27 bits per heavy atom. The molecule has 2 nitrogen and oxygen atoms in total. The molecule has 0 saturated heterocycles. The molecule has 0 spiro atoms. The second-order valence-electron chi connectivity index (χ2n) is 3.11. The fourth-order valence-corrected chi connectivity index (χ4v) is 1.73. The molecule has 1 atom stereocenters. The monoisotopic (exact) mass is 353 g/mol. The largest absolute Gasteiger partial charge is 0.351 e. The third-order valence-electron chi connectivity index (χ3n) is 1.72. The highest BCUT2D eigenvalue weighted by Gasteiger charge is 2.10. The highest BCUT2D eigenvalue weighted by atomic mass is 79.9. The van der Waals surface area contributed by atoms with E-state index >= 15 is 0 Å². The Morgan fingerprint density at radius 3 is 2.87 bits per heavy atom. The van der Waals surface area contributed by atoms with Crippen molar-refractivity contribution < 1.29 is 4.79 Å². The summed E-state index contributed by atoms with van der Waals surface area (Å²) in [5, 5.41) is 3.23. The van der Waals surface area contributed by atoms with E-state index in [-0.39, 0.29) is 10.7 Å². The molecule has 82 valence electrons. The smallest absolute Gasteiger partial charge is 0.252 e. The number of carbonyl (C=O) groups is 1. The van der Waals surface area contributed by atoms with Gasteiger partial charge in [0.15, 0.2) is 0 Å². The third kappa shape index (κ3) is 4.13. The van der Waals surface area contributed by atoms with Gasteiger partial charge in [-0.1, -0.05) is 50.4 Å². The molecule has 1 amide bonds. The predicted octanol–water partition coefficient (Wildman–Crippen LogP) is 3.62. The molecular weight excluding hydrogens is 345 g/mol. The van der Waals surface area contributed by atoms with Crippen LogP contribution >= 0.6 is 43.5 Å². The Morgan fingerprint density at radius 1 is 1.60 bits per heavy atom. The lowest BCUT2D eigenvalue weighted by molar-refractivity contribution is 0.0954. The summed E-state index contributed by atoms with van der Waals surface area (Å²) in [7, 11) is 0. The molecule has 0 fully saturated rings. The van der Waals surface area contributed by atoms with Gasteiger partial charge < -0.3 is 5.32 Å². The molecule has 15 heavy (non-hydrogen) atoms. The van der Waals surface area contributed by atoms with Gasteiger partial charge in [-0.05, 0) is 18.2 Å². The van der Waals surface area contributed by atoms with E-state index < -0.39 is 0 Å². The van der Waals surface area contributed by atoms with E-state index in [1.165, 1.54) is 0 Å². The van der Waals surface area contributed by atoms with Gasteiger partial charge >= 0.3 is 0 Å². The average molecular weight is 355 g/mol. The first-order chi connectivity index (χ1) is 7.00. The summed E-state index contributed by atoms with van der Waals surface area (Å²) in [5.74, 6) is -0.160. The normalized spacial score (nSPS) is 12.3. The SMILES string of the molecule is CC(Br)CNC(=O)c1cc(Br)ccc1Cl. The first kappa shape index (κ1) is 13.0. The lowest BCUT2D eigenvalue weighted by Crippen LogP contribution is -2.28. The number of benzene rings is 1. The van der Waals surface area contributed by atoms with Crippen LogP contribution in [0.15, 0.2) is 22.7 Å². The predicted molar refractivity (Wildman–Crippen MR) is 69.9 cm³/mol. The van der Waals surface area contributed by atoms with Crippen molar-refractivity contribution in [1.82, 2.24) is 5.32 Å². The Hall–Kier alpha value is -0.0600. The maximum Gasteiger partial charge on any atom is 0.252 e. The van der Waals surface area contributed by atoms with E-state index in [0.29, 0.717) is 17.1 Å². The van der Waals surface area contributed by atoms with Gasteiger partial charge in [0, 0.05) is 15.8 Å². The number of halogens is 3. The Kier molecular flexibility index (Phi) is 5.09. The van der Waals surface area contributed by atoms with Crippen molar-refractivity contribution in [3.63, 3.8) is 0 Å². The van der Waals surface area contributed by atoms with Gasteiger partial charge in [-0.3, -0.25) is 4.79 Å². The zero-order chi connectivity index (χ0) is 11.4. The minimum absolute atomic E-state index is 0.160. The van der Waals surface area contributed by atoms with Crippen LogP contribution in [0.25, 0.3) is 0 Å². The summed E-state index contributed by atoms with van der Waals surface area (Å²) in [6.45, 7) is 2.53. The van der Waals surface area contributed by atoms with Crippen molar-refractivity contribution in [2.75, 3.05) is 6.54 Å². The molecule has 1 N–H and O–H groups in total. The first-order valence-corrected chi connectivity index (χ1v) is 6.46. The van der Waals surface area contributed by atoms with Gasteiger partial charge in [0.05, 0.1) is 10.6 Å². The van der Waals surface area contributed by atoms with Crippen LogP contribution in [-0.2, 0) is 0 Å². The van der Waals surface area contributed by atoms with Crippen molar-refractivity contribution in [3.05, 3.63) is 33.3 Å². The zero-order valence-corrected chi connectivity index (χ0v) is 12.0. The molecule has 1 rings (SSSR count). The lowest BCUT2D eigenvalue weighted by Gasteiger charge is -2.08. The fraction of sp³-hybridized carbons (Fsp3) is 0.300. The molecule has 0 bridgehead atoms. The van der Waals surface area contributed by atoms with Crippen LogP contribution in [0, 0.1) is 0 Å². The lowest BCUT2D eigenvalue weighted by atomic mass is 10.2. The van der Waals surface area contributed by atoms with E-state index in [4.69, 9.17) is 11.6 Å². The number of hydrogen-bond donors (Lipinski definition) is 1. The summed E-state index contributed by atoms with van der Waals surface area (Å²) in [6.07, 6.45) is 0. The molecule has 0 aliphatic carbocycles. The average Bonchev–Trinajstić information content (AvgIpc) is 2.18. The van der Waals surface area contributed by atoms with E-state index in [1.807, 2.05) is 6.92 Å². The van der Waals surface area contributed by atoms with Crippen molar-refractivity contribution in [1.29, 1.82) is 0 Å². The second kappa shape index (κ2) is 5.87. The highest BCUT2D eigenvalue weighted by molar-refractivity contribution is 9.10. The summed E-state index contributed by atoms with van der Waals surface area (Å²) in [6, 6.07) is 5.20. The Bertz CT molecular complexity index is 368. The molecule has 1 aromatic carbocycles. The van der Waals surface area contributed by atoms with E-state index in [0.717, 1.165) is 4.47 Å². The molecule has 0 heterocycles. The van der Waals surface area contributed by atoms with Crippen LogP contribution in [0.4, 0.5) is 0 Å². The number of amides is 1. The number of rotatable bonds is 3. The van der Waals surface area contributed by atoms with Gasteiger partial charge in [-0.2, -0.15) is 0 Å². The standard InChI is InChI=1S/C10H10Br2ClNO/c1-6(11)5-14-10(15)8-4-7(12)2-3-9(8)13/h2-4,6H,5H2,1H3,(H,14,15). The van der Waals surface area contributed by atoms with Crippen LogP contribution in [0.2, 0.25) is 5.02 Å². The maximum atomic E-state index is 11.7. The molecular formula is C10H10Br2ClNO. The van der Waals surface area contributed by atoms with Crippen molar-refractivity contribution in [2.24, 2.45) is 0 Å². The number of carbonyl (C=O) groups excluding carboxylic acids is 1. The van der Waals surface area contributed by atoms with Gasteiger partial charge in [-0.25, -0.2) is 0 Å². The topological polar surface area (TPSA) is 29.1 Å². The van der Waals surface area contributed by atoms with Gasteiger partial charge in [0.2, 0.25) is 0 Å². The number of hydrogen-bond acceptors (Lipinski definition) is 1. The molecule has 1 unspecified atom stereocenters. The van der Waals surface area contributed by atoms with Crippen molar-refractivity contribution in [2.45, 2.75) is 11.8 Å². The minimum atomic E-state index is -0.160. The van der Waals surface area contributed by atoms with E-state index in [2.05, 4.69) is 37.2 Å². The number of nitrogens with one attached hydrogen (secondary N) is 1. The third-order valence-corrected chi connectivity index (χ3v) is 2.86. The maximum absolute atomic E-state index is 11.7. The molecule has 0 aliphatic heterocycles. The van der Waals surface area contributed by atoms with Crippen LogP contribution in [-0.4, -0.2) is 17.3 Å². The zero-order valence-electron chi connectivity index (χ0n) is 8.06. The molecule has 0 saturated carbocycles. The summed E-state index contributed by atoms with van der Waals surface area (Å²) >= 11 is 12.6. The first-order valence-electron chi connectivity index (χ1n) is 4.38. The second-order valence-corrected chi connectivity index (χ2v) is 6.00. The van der Waals surface area contributed by atoms with Crippen molar-refractivity contribution in [3.8, 4) is 0 Å². The summed E-state index contributed by atoms with van der Waals surface area (Å²) < 4.78 is 0.837. The van der Waals surface area contributed by atoms with Crippen LogP contribution in [0.1, 0.15) is 17.3 Å². The van der Waals surface area contributed by atoms with E-state index in [9.17, 15) is 4.79 Å². The summed E-state index contributed by atoms with van der Waals surface area (Å²) in [5.41, 5.74) is 0.485. The summed E-state index contributed by atoms with van der Waals surface area (Å²) in [4.78, 5) is 11.9. The molecule has 5 heteroatoms. The molecule has 0 radical (unpaired) electrons. The van der Waals surface area contributed by atoms with Gasteiger partial charge in [-0.15, -0.1) is 0 Å². The van der Waals surface area contributed by atoms with Crippen LogP contribution < -0.4 is 5.32 Å². The number of alkyl halides is 1. The van der Waals surface area contributed by atoms with Gasteiger partial charge in [0.25, 0.3) is 5.91 Å². The van der Waals surface area contributed by atoms with E-state index in [1.54, 1.807) is 18.2 Å². The Labute approximate surface area is 111 Å². The Balaban J connectivity index is 2.77. The molecule has 0 aliphatic rings. The minimum Gasteiger partial charge on any atom is -0.351 e. The molecule has 0 aromatic heterocycles. The van der Waals surface area contributed by atoms with Gasteiger partial charge in [0.1, 0.15) is 0 Å². The van der Waals surface area contributed by atoms with Crippen LogP contribution in [0.5, 0.6) is 0 Å². The van der Waals surface area contributed by atoms with Crippen LogP contribution in [0.3, 0.4) is 0 Å². The quantitative estimate of drug-likeness (QED) is 0.825.